The van der Waals surface area contributed by atoms with Crippen molar-refractivity contribution in [2.75, 3.05) is 23.3 Å². The second kappa shape index (κ2) is 7.66. The second-order valence-electron chi connectivity index (χ2n) is 6.30. The van der Waals surface area contributed by atoms with Crippen LogP contribution in [-0.2, 0) is 0 Å². The lowest BCUT2D eigenvalue weighted by molar-refractivity contribution is 0.102. The Morgan fingerprint density at radius 2 is 1.88 bits per heavy atom. The summed E-state index contributed by atoms with van der Waals surface area (Å²) in [6.45, 7) is 2.03. The van der Waals surface area contributed by atoms with E-state index in [-0.39, 0.29) is 5.91 Å². The molecule has 1 aromatic carbocycles. The number of thiazole rings is 1. The molecule has 1 aliphatic rings. The summed E-state index contributed by atoms with van der Waals surface area (Å²) < 4.78 is 0. The number of nitrogens with zero attached hydrogens (tertiary/aromatic N) is 3. The van der Waals surface area contributed by atoms with Crippen molar-refractivity contribution in [2.45, 2.75) is 19.3 Å². The van der Waals surface area contributed by atoms with E-state index in [1.165, 1.54) is 30.6 Å². The van der Waals surface area contributed by atoms with Crippen LogP contribution in [0.4, 0.5) is 11.4 Å². The summed E-state index contributed by atoms with van der Waals surface area (Å²) >= 11 is 1.48. The zero-order chi connectivity index (χ0) is 17.8. The molecule has 0 radical (unpaired) electrons. The van der Waals surface area contributed by atoms with Crippen molar-refractivity contribution in [2.24, 2.45) is 0 Å². The normalized spacial score (nSPS) is 14.2. The first kappa shape index (κ1) is 16.7. The highest BCUT2D eigenvalue weighted by atomic mass is 32.1. The molecule has 1 saturated heterocycles. The Balaban J connectivity index is 1.53. The number of carbonyl (C=O) groups is 1. The Morgan fingerprint density at radius 1 is 1.08 bits per heavy atom. The third-order valence-electron chi connectivity index (χ3n) is 4.50. The van der Waals surface area contributed by atoms with E-state index in [0.29, 0.717) is 5.69 Å². The topological polar surface area (TPSA) is 58.1 Å². The second-order valence-corrected chi connectivity index (χ2v) is 7.16. The van der Waals surface area contributed by atoms with E-state index in [9.17, 15) is 4.79 Å². The molecule has 132 valence electrons. The van der Waals surface area contributed by atoms with Crippen molar-refractivity contribution in [3.8, 4) is 10.6 Å². The van der Waals surface area contributed by atoms with Gasteiger partial charge < -0.3 is 10.2 Å². The molecule has 0 saturated carbocycles. The van der Waals surface area contributed by atoms with E-state index in [4.69, 9.17) is 0 Å². The monoisotopic (exact) mass is 364 g/mol. The van der Waals surface area contributed by atoms with Crippen LogP contribution in [0.1, 0.15) is 29.8 Å². The van der Waals surface area contributed by atoms with Gasteiger partial charge in [0.25, 0.3) is 5.91 Å². The number of piperidine rings is 1. The minimum absolute atomic E-state index is 0.199. The van der Waals surface area contributed by atoms with E-state index < -0.39 is 0 Å². The highest BCUT2D eigenvalue weighted by Gasteiger charge is 2.18. The first-order valence-corrected chi connectivity index (χ1v) is 9.70. The number of pyridine rings is 1. The maximum absolute atomic E-state index is 12.7. The van der Waals surface area contributed by atoms with Gasteiger partial charge in [-0.15, -0.1) is 11.3 Å². The fourth-order valence-electron chi connectivity index (χ4n) is 3.17. The van der Waals surface area contributed by atoms with Gasteiger partial charge in [-0.25, -0.2) is 4.98 Å². The Labute approximate surface area is 156 Å². The van der Waals surface area contributed by atoms with Crippen molar-refractivity contribution in [1.29, 1.82) is 0 Å². The van der Waals surface area contributed by atoms with Gasteiger partial charge in [0.2, 0.25) is 0 Å². The van der Waals surface area contributed by atoms with E-state index >= 15 is 0 Å². The molecule has 0 atom stereocenters. The van der Waals surface area contributed by atoms with Gasteiger partial charge in [0.15, 0.2) is 0 Å². The third-order valence-corrected chi connectivity index (χ3v) is 5.39. The molecule has 0 aliphatic carbocycles. The van der Waals surface area contributed by atoms with Crippen LogP contribution in [0.25, 0.3) is 10.6 Å². The van der Waals surface area contributed by atoms with Gasteiger partial charge in [-0.1, -0.05) is 30.3 Å². The summed E-state index contributed by atoms with van der Waals surface area (Å²) in [6, 6.07) is 11.9. The van der Waals surface area contributed by atoms with Crippen LogP contribution in [0, 0.1) is 0 Å². The number of nitrogens with one attached hydrogen (secondary N) is 1. The SMILES string of the molecule is O=C(Nc1cnccc1N1CCCCC1)c1csc(-c2ccccc2)n1. The largest absolute Gasteiger partial charge is 0.370 e. The number of rotatable bonds is 4. The van der Waals surface area contributed by atoms with Crippen LogP contribution in [0.3, 0.4) is 0 Å². The van der Waals surface area contributed by atoms with Crippen LogP contribution in [0.5, 0.6) is 0 Å². The fourth-order valence-corrected chi connectivity index (χ4v) is 3.98. The maximum atomic E-state index is 12.7. The van der Waals surface area contributed by atoms with Gasteiger partial charge in [-0.05, 0) is 25.3 Å². The zero-order valence-electron chi connectivity index (χ0n) is 14.4. The first-order chi connectivity index (χ1) is 12.8. The lowest BCUT2D eigenvalue weighted by Gasteiger charge is -2.30. The third kappa shape index (κ3) is 3.60. The minimum atomic E-state index is -0.199. The van der Waals surface area contributed by atoms with Crippen LogP contribution in [0.2, 0.25) is 0 Å². The Morgan fingerprint density at radius 3 is 2.69 bits per heavy atom. The molecule has 0 bridgehead atoms. The van der Waals surface area contributed by atoms with Crippen molar-refractivity contribution < 1.29 is 4.79 Å². The predicted octanol–water partition coefficient (Wildman–Crippen LogP) is 4.45. The molecular weight excluding hydrogens is 344 g/mol. The molecule has 2 aromatic heterocycles. The van der Waals surface area contributed by atoms with E-state index in [1.807, 2.05) is 36.4 Å². The van der Waals surface area contributed by atoms with Crippen LogP contribution in [0.15, 0.2) is 54.2 Å². The number of hydrogen-bond acceptors (Lipinski definition) is 5. The molecule has 6 heteroatoms. The van der Waals surface area contributed by atoms with Gasteiger partial charge in [0.05, 0.1) is 17.6 Å². The summed E-state index contributed by atoms with van der Waals surface area (Å²) in [4.78, 5) is 23.7. The molecule has 1 amide bonds. The van der Waals surface area contributed by atoms with E-state index in [2.05, 4.69) is 20.2 Å². The standard InChI is InChI=1S/C20H20N4OS/c25-19(17-14-26-20(23-17)15-7-3-1-4-8-15)22-16-13-21-10-9-18(16)24-11-5-2-6-12-24/h1,3-4,7-10,13-14H,2,5-6,11-12H2,(H,22,25). The molecule has 0 unspecified atom stereocenters. The number of anilines is 2. The number of aromatic nitrogens is 2. The van der Waals surface area contributed by atoms with Crippen LogP contribution >= 0.6 is 11.3 Å². The quantitative estimate of drug-likeness (QED) is 0.743. The molecule has 0 spiro atoms. The van der Waals surface area contributed by atoms with Crippen molar-refractivity contribution in [1.82, 2.24) is 9.97 Å². The first-order valence-electron chi connectivity index (χ1n) is 8.82. The van der Waals surface area contributed by atoms with Crippen LogP contribution in [-0.4, -0.2) is 29.0 Å². The summed E-state index contributed by atoms with van der Waals surface area (Å²) in [5.74, 6) is -0.199. The highest BCUT2D eigenvalue weighted by molar-refractivity contribution is 7.13. The average Bonchev–Trinajstić information content (AvgIpc) is 3.20. The molecular formula is C20H20N4OS. The van der Waals surface area contributed by atoms with Gasteiger partial charge in [0.1, 0.15) is 10.7 Å². The molecule has 3 aromatic rings. The van der Waals surface area contributed by atoms with Crippen molar-refractivity contribution in [3.05, 3.63) is 59.9 Å². The summed E-state index contributed by atoms with van der Waals surface area (Å²) in [7, 11) is 0. The smallest absolute Gasteiger partial charge is 0.275 e. The van der Waals surface area contributed by atoms with Crippen molar-refractivity contribution in [3.63, 3.8) is 0 Å². The van der Waals surface area contributed by atoms with E-state index in [0.717, 1.165) is 35.0 Å². The van der Waals surface area contributed by atoms with Gasteiger partial charge in [-0.2, -0.15) is 0 Å². The molecule has 5 nitrogen and oxygen atoms in total. The van der Waals surface area contributed by atoms with Crippen molar-refractivity contribution >= 4 is 28.6 Å². The van der Waals surface area contributed by atoms with Gasteiger partial charge >= 0.3 is 0 Å². The lowest BCUT2D eigenvalue weighted by Crippen LogP contribution is -2.30. The van der Waals surface area contributed by atoms with Crippen LogP contribution < -0.4 is 10.2 Å². The molecule has 1 aliphatic heterocycles. The molecule has 1 fully saturated rings. The zero-order valence-corrected chi connectivity index (χ0v) is 15.2. The Bertz CT molecular complexity index is 888. The number of carbonyl (C=O) groups excluding carboxylic acids is 1. The summed E-state index contributed by atoms with van der Waals surface area (Å²) in [5, 5.41) is 5.64. The molecule has 26 heavy (non-hydrogen) atoms. The molecule has 3 heterocycles. The average molecular weight is 364 g/mol. The van der Waals surface area contributed by atoms with Gasteiger partial charge in [0, 0.05) is 30.2 Å². The molecule has 4 rings (SSSR count). The van der Waals surface area contributed by atoms with E-state index in [1.54, 1.807) is 17.8 Å². The Kier molecular flexibility index (Phi) is 4.93. The maximum Gasteiger partial charge on any atom is 0.275 e. The fraction of sp³-hybridized carbons (Fsp3) is 0.250. The molecule has 1 N–H and O–H groups in total. The number of hydrogen-bond donors (Lipinski definition) is 1. The highest BCUT2D eigenvalue weighted by Crippen LogP contribution is 2.28. The number of benzene rings is 1. The minimum Gasteiger partial charge on any atom is -0.370 e. The van der Waals surface area contributed by atoms with Gasteiger partial charge in [-0.3, -0.25) is 9.78 Å². The summed E-state index contributed by atoms with van der Waals surface area (Å²) in [6.07, 6.45) is 7.12. The lowest BCUT2D eigenvalue weighted by atomic mass is 10.1. The number of amides is 1. The summed E-state index contributed by atoms with van der Waals surface area (Å²) in [5.41, 5.74) is 3.23. The Hall–Kier alpha value is -2.73. The predicted molar refractivity (Wildman–Crippen MR) is 106 cm³/mol.